The van der Waals surface area contributed by atoms with E-state index < -0.39 is 11.6 Å². The smallest absolute Gasteiger partial charge is 0.144 e. The molecule has 0 bridgehead atoms. The van der Waals surface area contributed by atoms with Crippen molar-refractivity contribution >= 4 is 27.7 Å². The van der Waals surface area contributed by atoms with Crippen molar-refractivity contribution in [2.45, 2.75) is 17.9 Å². The Morgan fingerprint density at radius 3 is 2.73 bits per heavy atom. The largest absolute Gasteiger partial charge is 0.329 e. The van der Waals surface area contributed by atoms with Crippen LogP contribution in [0, 0.1) is 11.6 Å². The van der Waals surface area contributed by atoms with Crippen LogP contribution in [0.1, 0.15) is 12.5 Å². The number of benzene rings is 1. The van der Waals surface area contributed by atoms with E-state index in [1.807, 2.05) is 6.92 Å². The fourth-order valence-corrected chi connectivity index (χ4v) is 2.22. The van der Waals surface area contributed by atoms with E-state index in [1.54, 1.807) is 0 Å². The van der Waals surface area contributed by atoms with Gasteiger partial charge in [-0.15, -0.1) is 0 Å². The van der Waals surface area contributed by atoms with Crippen molar-refractivity contribution < 1.29 is 8.78 Å². The first-order chi connectivity index (χ1) is 7.06. The van der Waals surface area contributed by atoms with E-state index >= 15 is 0 Å². The highest BCUT2D eigenvalue weighted by Crippen LogP contribution is 2.26. The summed E-state index contributed by atoms with van der Waals surface area (Å²) < 4.78 is 27.1. The van der Waals surface area contributed by atoms with Gasteiger partial charge in [0.2, 0.25) is 0 Å². The van der Waals surface area contributed by atoms with Crippen molar-refractivity contribution in [3.8, 4) is 0 Å². The van der Waals surface area contributed by atoms with E-state index in [0.29, 0.717) is 16.8 Å². The topological polar surface area (TPSA) is 26.0 Å². The summed E-state index contributed by atoms with van der Waals surface area (Å²) in [5, 5.41) is 0.197. The lowest BCUT2D eigenvalue weighted by Gasteiger charge is -2.10. The van der Waals surface area contributed by atoms with Crippen molar-refractivity contribution in [3.05, 3.63) is 33.8 Å². The number of thioether (sulfide) groups is 1. The SMILES string of the molecule is CC(CN)SCc1c(F)ccc(Br)c1F. The van der Waals surface area contributed by atoms with Crippen molar-refractivity contribution in [3.63, 3.8) is 0 Å². The Morgan fingerprint density at radius 2 is 2.13 bits per heavy atom. The lowest BCUT2D eigenvalue weighted by Crippen LogP contribution is -2.13. The van der Waals surface area contributed by atoms with Crippen LogP contribution in [-0.4, -0.2) is 11.8 Å². The molecule has 84 valence electrons. The molecule has 0 aliphatic heterocycles. The van der Waals surface area contributed by atoms with E-state index in [1.165, 1.54) is 23.9 Å². The fourth-order valence-electron chi connectivity index (χ4n) is 0.995. The summed E-state index contributed by atoms with van der Waals surface area (Å²) >= 11 is 4.47. The van der Waals surface area contributed by atoms with Gasteiger partial charge in [0.15, 0.2) is 0 Å². The highest BCUT2D eigenvalue weighted by Gasteiger charge is 2.13. The number of halogens is 3. The Labute approximate surface area is 101 Å². The molecule has 2 N–H and O–H groups in total. The van der Waals surface area contributed by atoms with E-state index in [0.717, 1.165) is 0 Å². The first-order valence-corrected chi connectivity index (χ1v) is 6.34. The summed E-state index contributed by atoms with van der Waals surface area (Å²) in [6, 6.07) is 2.63. The minimum Gasteiger partial charge on any atom is -0.329 e. The van der Waals surface area contributed by atoms with Crippen LogP contribution in [0.2, 0.25) is 0 Å². The fraction of sp³-hybridized carbons (Fsp3) is 0.400. The summed E-state index contributed by atoms with van der Waals surface area (Å²) in [6.07, 6.45) is 0. The van der Waals surface area contributed by atoms with Crippen LogP contribution in [0.5, 0.6) is 0 Å². The lowest BCUT2D eigenvalue weighted by atomic mass is 10.2. The van der Waals surface area contributed by atoms with Crippen LogP contribution in [0.15, 0.2) is 16.6 Å². The maximum atomic E-state index is 13.5. The molecule has 0 spiro atoms. The van der Waals surface area contributed by atoms with Crippen molar-refractivity contribution in [1.29, 1.82) is 0 Å². The third-order valence-corrected chi connectivity index (χ3v) is 3.81. The molecule has 1 aromatic carbocycles. The summed E-state index contributed by atoms with van der Waals surface area (Å²) in [6.45, 7) is 2.43. The van der Waals surface area contributed by atoms with Crippen molar-refractivity contribution in [2.24, 2.45) is 5.73 Å². The molecule has 1 rings (SSSR count). The van der Waals surface area contributed by atoms with Gasteiger partial charge in [-0.1, -0.05) is 6.92 Å². The average molecular weight is 296 g/mol. The minimum absolute atomic E-state index is 0.106. The third-order valence-electron chi connectivity index (χ3n) is 1.98. The van der Waals surface area contributed by atoms with Gasteiger partial charge in [0.05, 0.1) is 4.47 Å². The van der Waals surface area contributed by atoms with E-state index in [-0.39, 0.29) is 10.8 Å². The highest BCUT2D eigenvalue weighted by molar-refractivity contribution is 9.10. The summed E-state index contributed by atoms with van der Waals surface area (Å²) in [4.78, 5) is 0. The predicted octanol–water partition coefficient (Wildman–Crippen LogP) is 3.31. The van der Waals surface area contributed by atoms with E-state index in [9.17, 15) is 8.78 Å². The second kappa shape index (κ2) is 5.82. The Bertz CT molecular complexity index is 346. The zero-order valence-electron chi connectivity index (χ0n) is 8.27. The summed E-state index contributed by atoms with van der Waals surface area (Å²) in [5.74, 6) is -0.728. The Kier molecular flexibility index (Phi) is 5.02. The number of nitrogens with two attached hydrogens (primary N) is 1. The zero-order chi connectivity index (χ0) is 11.4. The first-order valence-electron chi connectivity index (χ1n) is 4.50. The van der Waals surface area contributed by atoms with Gasteiger partial charge < -0.3 is 5.73 Å². The molecule has 1 nitrogen and oxygen atoms in total. The molecule has 1 unspecified atom stereocenters. The Hall–Kier alpha value is -0.130. The molecule has 1 aromatic rings. The van der Waals surface area contributed by atoms with Gasteiger partial charge in [-0.25, -0.2) is 8.78 Å². The van der Waals surface area contributed by atoms with Crippen LogP contribution >= 0.6 is 27.7 Å². The van der Waals surface area contributed by atoms with Gasteiger partial charge in [-0.05, 0) is 28.1 Å². The van der Waals surface area contributed by atoms with Crippen LogP contribution in [0.4, 0.5) is 8.78 Å². The molecule has 0 aliphatic rings. The van der Waals surface area contributed by atoms with E-state index in [4.69, 9.17) is 5.73 Å². The maximum Gasteiger partial charge on any atom is 0.144 e. The molecule has 15 heavy (non-hydrogen) atoms. The molecule has 1 atom stereocenters. The molecular weight excluding hydrogens is 284 g/mol. The maximum absolute atomic E-state index is 13.5. The van der Waals surface area contributed by atoms with Gasteiger partial charge in [-0.3, -0.25) is 0 Å². The Balaban J connectivity index is 2.80. The van der Waals surface area contributed by atoms with Crippen LogP contribution < -0.4 is 5.73 Å². The van der Waals surface area contributed by atoms with Gasteiger partial charge in [-0.2, -0.15) is 11.8 Å². The molecule has 0 amide bonds. The van der Waals surface area contributed by atoms with Gasteiger partial charge in [0.25, 0.3) is 0 Å². The molecular formula is C10H12BrF2NS. The molecule has 0 saturated carbocycles. The van der Waals surface area contributed by atoms with Gasteiger partial charge >= 0.3 is 0 Å². The van der Waals surface area contributed by atoms with Crippen LogP contribution in [0.25, 0.3) is 0 Å². The molecule has 0 saturated heterocycles. The second-order valence-electron chi connectivity index (χ2n) is 3.18. The number of hydrogen-bond acceptors (Lipinski definition) is 2. The zero-order valence-corrected chi connectivity index (χ0v) is 10.7. The highest BCUT2D eigenvalue weighted by atomic mass is 79.9. The molecule has 0 fully saturated rings. The third kappa shape index (κ3) is 3.43. The summed E-state index contributed by atoms with van der Waals surface area (Å²) in [7, 11) is 0. The minimum atomic E-state index is -0.522. The first kappa shape index (κ1) is 12.9. The van der Waals surface area contributed by atoms with Gasteiger partial charge in [0, 0.05) is 23.1 Å². The van der Waals surface area contributed by atoms with Crippen LogP contribution in [0.3, 0.4) is 0 Å². The quantitative estimate of drug-likeness (QED) is 0.863. The molecule has 0 aromatic heterocycles. The molecule has 0 aliphatic carbocycles. The Morgan fingerprint density at radius 1 is 1.47 bits per heavy atom. The monoisotopic (exact) mass is 295 g/mol. The standard InChI is InChI=1S/C10H12BrF2NS/c1-6(4-14)15-5-7-9(12)3-2-8(11)10(7)13/h2-3,6H,4-5,14H2,1H3. The van der Waals surface area contributed by atoms with Crippen molar-refractivity contribution in [1.82, 2.24) is 0 Å². The molecule has 5 heteroatoms. The lowest BCUT2D eigenvalue weighted by molar-refractivity contribution is 0.562. The average Bonchev–Trinajstić information content (AvgIpc) is 2.23. The van der Waals surface area contributed by atoms with E-state index in [2.05, 4.69) is 15.9 Å². The number of rotatable bonds is 4. The van der Waals surface area contributed by atoms with Crippen LogP contribution in [-0.2, 0) is 5.75 Å². The van der Waals surface area contributed by atoms with Gasteiger partial charge in [0.1, 0.15) is 11.6 Å². The molecule has 0 heterocycles. The second-order valence-corrected chi connectivity index (χ2v) is 5.46. The predicted molar refractivity (Wildman–Crippen MR) is 63.9 cm³/mol. The summed E-state index contributed by atoms with van der Waals surface area (Å²) in [5.41, 5.74) is 5.53. The normalized spacial score (nSPS) is 12.9. The molecule has 0 radical (unpaired) electrons. The number of hydrogen-bond donors (Lipinski definition) is 1. The van der Waals surface area contributed by atoms with Crippen molar-refractivity contribution in [2.75, 3.05) is 6.54 Å².